The fourth-order valence-electron chi connectivity index (χ4n) is 1.34. The molecule has 1 rings (SSSR count). The minimum atomic E-state index is 0.0257. The van der Waals surface area contributed by atoms with Crippen LogP contribution in [0.1, 0.15) is 5.56 Å². The third kappa shape index (κ3) is 5.32. The van der Waals surface area contributed by atoms with Crippen molar-refractivity contribution in [2.75, 3.05) is 19.6 Å². The minimum Gasteiger partial charge on any atom is -0.355 e. The third-order valence-corrected chi connectivity index (χ3v) is 2.15. The molecule has 0 heterocycles. The van der Waals surface area contributed by atoms with Crippen LogP contribution in [0.4, 0.5) is 0 Å². The van der Waals surface area contributed by atoms with Gasteiger partial charge in [0.1, 0.15) is 0 Å². The molecular formula is C13H18N2O. The van der Waals surface area contributed by atoms with E-state index in [1.807, 2.05) is 18.2 Å². The number of carbonyl (C=O) groups excluding carboxylic acids is 1. The van der Waals surface area contributed by atoms with E-state index >= 15 is 0 Å². The number of hydrogen-bond donors (Lipinski definition) is 2. The lowest BCUT2D eigenvalue weighted by atomic mass is 10.1. The first-order chi connectivity index (χ1) is 7.83. The summed E-state index contributed by atoms with van der Waals surface area (Å²) in [4.78, 5) is 11.3. The predicted octanol–water partition coefficient (Wildman–Crippen LogP) is 1.12. The molecule has 0 saturated heterocycles. The van der Waals surface area contributed by atoms with Crippen molar-refractivity contribution in [3.8, 4) is 0 Å². The van der Waals surface area contributed by atoms with Gasteiger partial charge in [0.2, 0.25) is 5.91 Å². The molecule has 86 valence electrons. The molecule has 0 aliphatic carbocycles. The molecule has 0 radical (unpaired) electrons. The van der Waals surface area contributed by atoms with Gasteiger partial charge in [-0.05, 0) is 12.0 Å². The van der Waals surface area contributed by atoms with Crippen molar-refractivity contribution in [1.82, 2.24) is 10.6 Å². The van der Waals surface area contributed by atoms with Gasteiger partial charge in [0.15, 0.2) is 0 Å². The normalized spacial score (nSPS) is 9.75. The van der Waals surface area contributed by atoms with Crippen molar-refractivity contribution < 1.29 is 4.79 Å². The Kier molecular flexibility index (Phi) is 5.96. The van der Waals surface area contributed by atoms with E-state index in [2.05, 4.69) is 29.3 Å². The summed E-state index contributed by atoms with van der Waals surface area (Å²) in [7, 11) is 0. The Hall–Kier alpha value is -1.61. The largest absolute Gasteiger partial charge is 0.355 e. The van der Waals surface area contributed by atoms with E-state index in [-0.39, 0.29) is 5.91 Å². The second-order valence-corrected chi connectivity index (χ2v) is 3.51. The number of carbonyl (C=O) groups is 1. The molecule has 0 aliphatic heterocycles. The standard InChI is InChI=1S/C13H18N2O/c1-2-9-14-11-13(16)15-10-8-12-6-4-3-5-7-12/h2-7,14H,1,8-11H2,(H,15,16). The lowest BCUT2D eigenvalue weighted by Gasteiger charge is -2.05. The Labute approximate surface area is 96.6 Å². The maximum atomic E-state index is 11.3. The molecule has 0 spiro atoms. The summed E-state index contributed by atoms with van der Waals surface area (Å²) in [5.41, 5.74) is 1.24. The first-order valence-corrected chi connectivity index (χ1v) is 5.45. The summed E-state index contributed by atoms with van der Waals surface area (Å²) < 4.78 is 0. The monoisotopic (exact) mass is 218 g/mol. The SMILES string of the molecule is C=CCNCC(=O)NCCc1ccccc1. The number of rotatable bonds is 7. The molecule has 0 aromatic heterocycles. The first-order valence-electron chi connectivity index (χ1n) is 5.45. The Morgan fingerprint density at radius 3 is 2.75 bits per heavy atom. The quantitative estimate of drug-likeness (QED) is 0.532. The van der Waals surface area contributed by atoms with Crippen LogP contribution in [-0.4, -0.2) is 25.5 Å². The zero-order valence-corrected chi connectivity index (χ0v) is 9.41. The fraction of sp³-hybridized carbons (Fsp3) is 0.308. The zero-order chi connectivity index (χ0) is 11.6. The highest BCUT2D eigenvalue weighted by atomic mass is 16.1. The Morgan fingerprint density at radius 1 is 1.31 bits per heavy atom. The van der Waals surface area contributed by atoms with Crippen LogP contribution in [-0.2, 0) is 11.2 Å². The van der Waals surface area contributed by atoms with Gasteiger partial charge in [0.05, 0.1) is 6.54 Å². The van der Waals surface area contributed by atoms with Gasteiger partial charge in [-0.3, -0.25) is 4.79 Å². The summed E-state index contributed by atoms with van der Waals surface area (Å²) in [5.74, 6) is 0.0257. The summed E-state index contributed by atoms with van der Waals surface area (Å²) >= 11 is 0. The molecule has 1 amide bonds. The smallest absolute Gasteiger partial charge is 0.233 e. The number of hydrogen-bond acceptors (Lipinski definition) is 2. The van der Waals surface area contributed by atoms with E-state index in [0.29, 0.717) is 19.6 Å². The molecule has 0 unspecified atom stereocenters. The molecule has 0 fully saturated rings. The van der Waals surface area contributed by atoms with Gasteiger partial charge in [-0.25, -0.2) is 0 Å². The van der Waals surface area contributed by atoms with Gasteiger partial charge < -0.3 is 10.6 Å². The Bertz CT molecular complexity index is 322. The van der Waals surface area contributed by atoms with Crippen LogP contribution >= 0.6 is 0 Å². The molecule has 1 aromatic rings. The third-order valence-electron chi connectivity index (χ3n) is 2.15. The van der Waals surface area contributed by atoms with E-state index in [1.54, 1.807) is 6.08 Å². The first kappa shape index (κ1) is 12.5. The van der Waals surface area contributed by atoms with E-state index in [4.69, 9.17) is 0 Å². The van der Waals surface area contributed by atoms with Crippen LogP contribution in [0, 0.1) is 0 Å². The lowest BCUT2D eigenvalue weighted by molar-refractivity contribution is -0.120. The lowest BCUT2D eigenvalue weighted by Crippen LogP contribution is -2.34. The highest BCUT2D eigenvalue weighted by Gasteiger charge is 1.98. The van der Waals surface area contributed by atoms with Crippen molar-refractivity contribution in [2.45, 2.75) is 6.42 Å². The van der Waals surface area contributed by atoms with Crippen LogP contribution in [0.3, 0.4) is 0 Å². The van der Waals surface area contributed by atoms with Gasteiger partial charge >= 0.3 is 0 Å². The van der Waals surface area contributed by atoms with Crippen LogP contribution in [0.25, 0.3) is 0 Å². The molecule has 3 heteroatoms. The second-order valence-electron chi connectivity index (χ2n) is 3.51. The average molecular weight is 218 g/mol. The van der Waals surface area contributed by atoms with Gasteiger partial charge in [-0.15, -0.1) is 6.58 Å². The van der Waals surface area contributed by atoms with E-state index in [9.17, 15) is 4.79 Å². The van der Waals surface area contributed by atoms with Crippen LogP contribution in [0.15, 0.2) is 43.0 Å². The highest BCUT2D eigenvalue weighted by molar-refractivity contribution is 5.77. The average Bonchev–Trinajstić information content (AvgIpc) is 2.31. The highest BCUT2D eigenvalue weighted by Crippen LogP contribution is 1.97. The molecule has 0 aliphatic rings. The summed E-state index contributed by atoms with van der Waals surface area (Å²) in [5, 5.41) is 5.81. The van der Waals surface area contributed by atoms with Crippen molar-refractivity contribution >= 4 is 5.91 Å². The minimum absolute atomic E-state index is 0.0257. The van der Waals surface area contributed by atoms with Crippen molar-refractivity contribution in [2.24, 2.45) is 0 Å². The van der Waals surface area contributed by atoms with Crippen molar-refractivity contribution in [3.05, 3.63) is 48.6 Å². The Morgan fingerprint density at radius 2 is 2.06 bits per heavy atom. The molecule has 0 bridgehead atoms. The van der Waals surface area contributed by atoms with Crippen molar-refractivity contribution in [1.29, 1.82) is 0 Å². The van der Waals surface area contributed by atoms with Gasteiger partial charge in [-0.2, -0.15) is 0 Å². The van der Waals surface area contributed by atoms with Gasteiger partial charge in [-0.1, -0.05) is 36.4 Å². The van der Waals surface area contributed by atoms with E-state index in [0.717, 1.165) is 6.42 Å². The predicted molar refractivity (Wildman–Crippen MR) is 66.2 cm³/mol. The molecule has 2 N–H and O–H groups in total. The molecular weight excluding hydrogens is 200 g/mol. The number of benzene rings is 1. The van der Waals surface area contributed by atoms with Gasteiger partial charge in [0.25, 0.3) is 0 Å². The molecule has 0 atom stereocenters. The topological polar surface area (TPSA) is 41.1 Å². The molecule has 3 nitrogen and oxygen atoms in total. The summed E-state index contributed by atoms with van der Waals surface area (Å²) in [6.07, 6.45) is 2.60. The fourth-order valence-corrected chi connectivity index (χ4v) is 1.34. The van der Waals surface area contributed by atoms with E-state index in [1.165, 1.54) is 5.56 Å². The maximum absolute atomic E-state index is 11.3. The molecule has 16 heavy (non-hydrogen) atoms. The number of amides is 1. The van der Waals surface area contributed by atoms with Crippen LogP contribution < -0.4 is 10.6 Å². The second kappa shape index (κ2) is 7.65. The van der Waals surface area contributed by atoms with Crippen LogP contribution in [0.2, 0.25) is 0 Å². The maximum Gasteiger partial charge on any atom is 0.233 e. The summed E-state index contributed by atoms with van der Waals surface area (Å²) in [6.45, 7) is 5.25. The Balaban J connectivity index is 2.11. The van der Waals surface area contributed by atoms with Crippen molar-refractivity contribution in [3.63, 3.8) is 0 Å². The zero-order valence-electron chi connectivity index (χ0n) is 9.41. The van der Waals surface area contributed by atoms with E-state index < -0.39 is 0 Å². The molecule has 0 saturated carbocycles. The van der Waals surface area contributed by atoms with Gasteiger partial charge in [0, 0.05) is 13.1 Å². The van der Waals surface area contributed by atoms with Crippen LogP contribution in [0.5, 0.6) is 0 Å². The number of nitrogens with one attached hydrogen (secondary N) is 2. The summed E-state index contributed by atoms with van der Waals surface area (Å²) in [6, 6.07) is 10.1. The molecule has 1 aromatic carbocycles.